The molecule has 10 nitrogen and oxygen atoms in total. The zero-order valence-electron chi connectivity index (χ0n) is 29.6. The van der Waals surface area contributed by atoms with Crippen molar-refractivity contribution in [2.75, 3.05) is 29.0 Å². The summed E-state index contributed by atoms with van der Waals surface area (Å²) in [6.07, 6.45) is 3.02. The van der Waals surface area contributed by atoms with Gasteiger partial charge in [0.25, 0.3) is 5.91 Å². The molecule has 258 valence electrons. The number of rotatable bonds is 7. The van der Waals surface area contributed by atoms with Crippen molar-refractivity contribution >= 4 is 48.9 Å². The highest BCUT2D eigenvalue weighted by molar-refractivity contribution is 6.74. The van der Waals surface area contributed by atoms with Crippen LogP contribution in [0.3, 0.4) is 0 Å². The standard InChI is InChI=1S/C36H49FN6O4Si/c1-22-17-25(37)28(19-30(22)47-48(8,9)36(5,6)7)40-27-14-15-38-32-31(27)33(44)42-29-18-23(12-13-26(29)41-32)20-43-16-10-11-24(21-43)39-34(45)46-35(2,3)4/h12-15,17-19,24H,10-11,16,20-21H2,1-9H3,(H,39,45)(H,42,44)(H2,38,40,41)/t24-/m0/s1. The smallest absolute Gasteiger partial charge is 0.407 e. The first-order valence-electron chi connectivity index (χ1n) is 16.6. The Balaban J connectivity index is 1.32. The van der Waals surface area contributed by atoms with E-state index in [1.54, 1.807) is 18.3 Å². The summed E-state index contributed by atoms with van der Waals surface area (Å²) >= 11 is 0. The molecule has 4 N–H and O–H groups in total. The van der Waals surface area contributed by atoms with E-state index in [-0.39, 0.29) is 28.2 Å². The molecule has 48 heavy (non-hydrogen) atoms. The number of nitrogens with one attached hydrogen (secondary N) is 4. The maximum Gasteiger partial charge on any atom is 0.407 e. The minimum absolute atomic E-state index is 0.00430. The average molecular weight is 677 g/mol. The van der Waals surface area contributed by atoms with Crippen molar-refractivity contribution in [3.8, 4) is 5.75 Å². The number of likely N-dealkylation sites (tertiary alicyclic amines) is 1. The van der Waals surface area contributed by atoms with Crippen molar-refractivity contribution in [3.05, 3.63) is 65.1 Å². The quantitative estimate of drug-likeness (QED) is 0.184. The van der Waals surface area contributed by atoms with E-state index in [1.165, 1.54) is 6.07 Å². The number of hydrogen-bond acceptors (Lipinski definition) is 8. The summed E-state index contributed by atoms with van der Waals surface area (Å²) in [6, 6.07) is 10.7. The van der Waals surface area contributed by atoms with E-state index >= 15 is 4.39 Å². The summed E-state index contributed by atoms with van der Waals surface area (Å²) in [5.74, 6) is 0.167. The van der Waals surface area contributed by atoms with Gasteiger partial charge in [-0.2, -0.15) is 0 Å². The van der Waals surface area contributed by atoms with Gasteiger partial charge in [0.05, 0.1) is 22.7 Å². The first-order valence-corrected chi connectivity index (χ1v) is 19.5. The molecular formula is C36H49FN6O4Si. The van der Waals surface area contributed by atoms with Crippen molar-refractivity contribution in [1.82, 2.24) is 15.2 Å². The Bertz CT molecular complexity index is 1700. The summed E-state index contributed by atoms with van der Waals surface area (Å²) in [6.45, 7) is 20.4. The predicted octanol–water partition coefficient (Wildman–Crippen LogP) is 8.46. The summed E-state index contributed by atoms with van der Waals surface area (Å²) in [7, 11) is -2.18. The maximum absolute atomic E-state index is 15.3. The van der Waals surface area contributed by atoms with Gasteiger partial charge >= 0.3 is 6.09 Å². The molecule has 1 fully saturated rings. The summed E-state index contributed by atoms with van der Waals surface area (Å²) in [5, 5.41) is 12.5. The molecule has 0 saturated carbocycles. The molecule has 2 aromatic carbocycles. The molecule has 1 saturated heterocycles. The Morgan fingerprint density at radius 2 is 1.81 bits per heavy atom. The fourth-order valence-corrected chi connectivity index (χ4v) is 6.66. The molecule has 5 rings (SSSR count). The number of hydrogen-bond donors (Lipinski definition) is 4. The third kappa shape index (κ3) is 8.27. The molecule has 1 atom stereocenters. The predicted molar refractivity (Wildman–Crippen MR) is 192 cm³/mol. The van der Waals surface area contributed by atoms with Crippen LogP contribution in [-0.2, 0) is 11.3 Å². The highest BCUT2D eigenvalue weighted by atomic mass is 28.4. The second kappa shape index (κ2) is 13.4. The fourth-order valence-electron chi connectivity index (χ4n) is 5.59. The minimum atomic E-state index is -2.18. The third-order valence-electron chi connectivity index (χ3n) is 9.10. The molecule has 2 aliphatic heterocycles. The van der Waals surface area contributed by atoms with Crippen LogP contribution in [0.4, 0.5) is 37.8 Å². The lowest BCUT2D eigenvalue weighted by Gasteiger charge is -2.37. The Labute approximate surface area is 284 Å². The molecule has 0 bridgehead atoms. The van der Waals surface area contributed by atoms with E-state index in [0.29, 0.717) is 47.3 Å². The van der Waals surface area contributed by atoms with Crippen LogP contribution in [0, 0.1) is 12.7 Å². The van der Waals surface area contributed by atoms with E-state index in [0.717, 1.165) is 24.9 Å². The number of amides is 2. The lowest BCUT2D eigenvalue weighted by atomic mass is 10.0. The van der Waals surface area contributed by atoms with Gasteiger partial charge in [-0.25, -0.2) is 14.2 Å². The number of halogens is 1. The number of benzene rings is 2. The monoisotopic (exact) mass is 676 g/mol. The average Bonchev–Trinajstić information content (AvgIpc) is 3.09. The van der Waals surface area contributed by atoms with Crippen LogP contribution in [0.25, 0.3) is 0 Å². The van der Waals surface area contributed by atoms with Gasteiger partial charge in [0.1, 0.15) is 28.5 Å². The summed E-state index contributed by atoms with van der Waals surface area (Å²) < 4.78 is 27.3. The summed E-state index contributed by atoms with van der Waals surface area (Å²) in [4.78, 5) is 32.8. The van der Waals surface area contributed by atoms with E-state index in [1.807, 2.05) is 45.9 Å². The SMILES string of the molecule is Cc1cc(F)c(Nc2ccnc3c2C(=O)Nc2cc(CN4CCC[C@H](NC(=O)OC(C)(C)C)C4)ccc2N3)cc1O[Si](C)(C)C(C)(C)C. The number of anilines is 5. The Kier molecular flexibility index (Phi) is 9.80. The summed E-state index contributed by atoms with van der Waals surface area (Å²) in [5.41, 5.74) is 3.39. The lowest BCUT2D eigenvalue weighted by molar-refractivity contribution is 0.0470. The van der Waals surface area contributed by atoms with Crippen LogP contribution < -0.4 is 25.7 Å². The van der Waals surface area contributed by atoms with E-state index in [2.05, 4.69) is 65.0 Å². The first-order chi connectivity index (χ1) is 22.4. The number of alkyl carbamates (subject to hydrolysis) is 1. The number of nitrogens with zero attached hydrogens (tertiary/aromatic N) is 2. The molecule has 0 aliphatic carbocycles. The lowest BCUT2D eigenvalue weighted by Crippen LogP contribution is -2.48. The van der Waals surface area contributed by atoms with Crippen molar-refractivity contribution < 1.29 is 23.1 Å². The van der Waals surface area contributed by atoms with Gasteiger partial charge in [-0.15, -0.1) is 0 Å². The molecular weight excluding hydrogens is 628 g/mol. The number of aryl methyl sites for hydroxylation is 1. The van der Waals surface area contributed by atoms with Crippen LogP contribution in [0.2, 0.25) is 18.1 Å². The molecule has 12 heteroatoms. The molecule has 3 aromatic rings. The van der Waals surface area contributed by atoms with Crippen molar-refractivity contribution in [2.45, 2.75) is 97.6 Å². The van der Waals surface area contributed by atoms with Gasteiger partial charge in [0, 0.05) is 31.4 Å². The Morgan fingerprint density at radius 3 is 2.52 bits per heavy atom. The van der Waals surface area contributed by atoms with Crippen LogP contribution in [0.5, 0.6) is 5.75 Å². The first kappa shape index (κ1) is 35.2. The number of ether oxygens (including phenoxy) is 1. The number of fused-ring (bicyclic) bond motifs is 2. The molecule has 0 radical (unpaired) electrons. The Morgan fingerprint density at radius 1 is 1.06 bits per heavy atom. The zero-order valence-corrected chi connectivity index (χ0v) is 30.6. The van der Waals surface area contributed by atoms with Crippen molar-refractivity contribution in [2.24, 2.45) is 0 Å². The minimum Gasteiger partial charge on any atom is -0.543 e. The van der Waals surface area contributed by atoms with E-state index in [9.17, 15) is 9.59 Å². The molecule has 0 unspecified atom stereocenters. The number of pyridine rings is 1. The van der Waals surface area contributed by atoms with E-state index < -0.39 is 25.8 Å². The molecule has 2 amide bonds. The van der Waals surface area contributed by atoms with Gasteiger partial charge in [-0.3, -0.25) is 9.69 Å². The number of carbonyl (C=O) groups excluding carboxylic acids is 2. The fraction of sp³-hybridized carbons (Fsp3) is 0.472. The zero-order chi connectivity index (χ0) is 35.0. The van der Waals surface area contributed by atoms with Gasteiger partial charge in [-0.1, -0.05) is 26.8 Å². The van der Waals surface area contributed by atoms with Crippen LogP contribution in [-0.4, -0.2) is 54.9 Å². The van der Waals surface area contributed by atoms with Gasteiger partial charge in [0.15, 0.2) is 0 Å². The topological polar surface area (TPSA) is 117 Å². The maximum atomic E-state index is 15.3. The van der Waals surface area contributed by atoms with Crippen LogP contribution in [0.15, 0.2) is 42.6 Å². The van der Waals surface area contributed by atoms with Crippen molar-refractivity contribution in [3.63, 3.8) is 0 Å². The normalized spacial score (nSPS) is 16.9. The second-order valence-electron chi connectivity index (χ2n) is 15.3. The van der Waals surface area contributed by atoms with E-state index in [4.69, 9.17) is 9.16 Å². The van der Waals surface area contributed by atoms with Crippen molar-refractivity contribution in [1.29, 1.82) is 0 Å². The largest absolute Gasteiger partial charge is 0.543 e. The number of carbonyl (C=O) groups is 2. The second-order valence-corrected chi connectivity index (χ2v) is 20.1. The highest BCUT2D eigenvalue weighted by Gasteiger charge is 2.39. The molecule has 3 heterocycles. The molecule has 2 aliphatic rings. The molecule has 0 spiro atoms. The van der Waals surface area contributed by atoms with Gasteiger partial charge in [0.2, 0.25) is 8.32 Å². The Hall–Kier alpha value is -4.16. The number of piperidine rings is 1. The number of aromatic nitrogens is 1. The third-order valence-corrected chi connectivity index (χ3v) is 13.4. The van der Waals surface area contributed by atoms with Crippen LogP contribution in [0.1, 0.15) is 75.9 Å². The highest BCUT2D eigenvalue weighted by Crippen LogP contribution is 2.40. The molecule has 1 aromatic heterocycles. The van der Waals surface area contributed by atoms with Gasteiger partial charge < -0.3 is 30.4 Å². The van der Waals surface area contributed by atoms with Gasteiger partial charge in [-0.05, 0) is 101 Å². The van der Waals surface area contributed by atoms with Crippen LogP contribution >= 0.6 is 0 Å².